The third-order valence-electron chi connectivity index (χ3n) is 4.02. The second-order valence-electron chi connectivity index (χ2n) is 6.06. The number of rotatable bonds is 5. The van der Waals surface area contributed by atoms with Gasteiger partial charge in [-0.25, -0.2) is 4.79 Å². The first kappa shape index (κ1) is 20.6. The molecule has 0 fully saturated rings. The Morgan fingerprint density at radius 1 is 1.10 bits per heavy atom. The first-order valence-corrected chi connectivity index (χ1v) is 9.24. The maximum atomic E-state index is 12.3. The normalized spacial score (nSPS) is 10.9. The quantitative estimate of drug-likeness (QED) is 0.433. The second kappa shape index (κ2) is 8.94. The molecule has 1 heterocycles. The molecule has 0 saturated carbocycles. The molecule has 0 atom stereocenters. The summed E-state index contributed by atoms with van der Waals surface area (Å²) >= 11 is 12.4. The molecule has 1 amide bonds. The van der Waals surface area contributed by atoms with E-state index in [4.69, 9.17) is 32.5 Å². The van der Waals surface area contributed by atoms with E-state index in [1.54, 1.807) is 24.3 Å². The minimum Gasteiger partial charge on any atom is -0.465 e. The Morgan fingerprint density at radius 3 is 2.38 bits per heavy atom. The molecule has 0 bridgehead atoms. The van der Waals surface area contributed by atoms with Gasteiger partial charge in [0.1, 0.15) is 5.69 Å². The molecule has 0 unspecified atom stereocenters. The third-order valence-corrected chi connectivity index (χ3v) is 4.65. The van der Waals surface area contributed by atoms with E-state index in [-0.39, 0.29) is 27.2 Å². The summed E-state index contributed by atoms with van der Waals surface area (Å²) in [5.41, 5.74) is 2.25. The Balaban J connectivity index is 1.92. The van der Waals surface area contributed by atoms with Crippen LogP contribution in [0.25, 0.3) is 17.3 Å². The topological polar surface area (TPSA) is 81.4 Å². The van der Waals surface area contributed by atoms with Crippen LogP contribution in [0.1, 0.15) is 21.5 Å². The van der Waals surface area contributed by atoms with Crippen molar-refractivity contribution in [3.63, 3.8) is 0 Å². The highest BCUT2D eigenvalue weighted by molar-refractivity contribution is 6.39. The fraction of sp³-hybridized carbons (Fsp3) is 0.0952. The highest BCUT2D eigenvalue weighted by atomic mass is 35.5. The van der Waals surface area contributed by atoms with E-state index in [1.165, 1.54) is 13.2 Å². The molecular formula is C21H16Cl2N2O4. The van der Waals surface area contributed by atoms with Gasteiger partial charge in [-0.15, -0.1) is 0 Å². The number of carbonyl (C=O) groups excluding carboxylic acids is 2. The van der Waals surface area contributed by atoms with Crippen LogP contribution in [0.4, 0.5) is 5.88 Å². The largest absolute Gasteiger partial charge is 0.465 e. The van der Waals surface area contributed by atoms with E-state index in [2.05, 4.69) is 10.5 Å². The van der Waals surface area contributed by atoms with Crippen molar-refractivity contribution in [2.24, 2.45) is 0 Å². The number of amides is 1. The lowest BCUT2D eigenvalue weighted by atomic mass is 10.1. The van der Waals surface area contributed by atoms with Crippen molar-refractivity contribution in [3.8, 4) is 11.3 Å². The Hall–Kier alpha value is -3.09. The number of halogens is 2. The van der Waals surface area contributed by atoms with E-state index in [9.17, 15) is 9.59 Å². The number of nitrogens with one attached hydrogen (secondary N) is 1. The zero-order valence-corrected chi connectivity index (χ0v) is 17.0. The molecule has 2 aromatic carbocycles. The SMILES string of the molecule is COC(=O)c1c(-c2c(Cl)cccc2Cl)noc1NC(=O)/C=C/c1ccc(C)cc1. The average Bonchev–Trinajstić information content (AvgIpc) is 3.10. The molecule has 3 rings (SSSR count). The fourth-order valence-electron chi connectivity index (χ4n) is 2.56. The van der Waals surface area contributed by atoms with Gasteiger partial charge in [-0.1, -0.05) is 64.3 Å². The summed E-state index contributed by atoms with van der Waals surface area (Å²) in [6, 6.07) is 12.5. The van der Waals surface area contributed by atoms with Crippen molar-refractivity contribution < 1.29 is 18.8 Å². The van der Waals surface area contributed by atoms with Crippen molar-refractivity contribution >= 4 is 47.0 Å². The van der Waals surface area contributed by atoms with Crippen LogP contribution < -0.4 is 5.32 Å². The number of hydrogen-bond donors (Lipinski definition) is 1. The van der Waals surface area contributed by atoms with Crippen LogP contribution in [0.15, 0.2) is 53.1 Å². The summed E-state index contributed by atoms with van der Waals surface area (Å²) in [5.74, 6) is -1.43. The van der Waals surface area contributed by atoms with Crippen LogP contribution in [0.5, 0.6) is 0 Å². The molecule has 0 aliphatic heterocycles. The zero-order valence-electron chi connectivity index (χ0n) is 15.5. The summed E-state index contributed by atoms with van der Waals surface area (Å²) in [5, 5.41) is 6.91. The standard InChI is InChI=1S/C21H16Cl2N2O4/c1-12-6-8-13(9-7-12)10-11-16(26)24-20-18(21(27)28-2)19(25-29-20)17-14(22)4-3-5-15(17)23/h3-11H,1-2H3,(H,24,26)/b11-10+. The van der Waals surface area contributed by atoms with Crippen molar-refractivity contribution in [2.75, 3.05) is 12.4 Å². The molecule has 1 aromatic heterocycles. The van der Waals surface area contributed by atoms with E-state index >= 15 is 0 Å². The third kappa shape index (κ3) is 4.67. The lowest BCUT2D eigenvalue weighted by Gasteiger charge is -2.06. The maximum Gasteiger partial charge on any atom is 0.345 e. The Kier molecular flexibility index (Phi) is 6.36. The second-order valence-corrected chi connectivity index (χ2v) is 6.87. The summed E-state index contributed by atoms with van der Waals surface area (Å²) in [6.45, 7) is 1.97. The van der Waals surface area contributed by atoms with Crippen LogP contribution in [0.2, 0.25) is 10.0 Å². The first-order chi connectivity index (χ1) is 13.9. The smallest absolute Gasteiger partial charge is 0.345 e. The van der Waals surface area contributed by atoms with Gasteiger partial charge >= 0.3 is 5.97 Å². The van der Waals surface area contributed by atoms with Crippen LogP contribution in [-0.2, 0) is 9.53 Å². The fourth-order valence-corrected chi connectivity index (χ4v) is 3.14. The average molecular weight is 431 g/mol. The number of esters is 1. The van der Waals surface area contributed by atoms with Gasteiger partial charge in [-0.2, -0.15) is 0 Å². The monoisotopic (exact) mass is 430 g/mol. The zero-order chi connectivity index (χ0) is 21.0. The number of methoxy groups -OCH3 is 1. The Labute approximate surface area is 177 Å². The molecule has 29 heavy (non-hydrogen) atoms. The Bertz CT molecular complexity index is 1070. The van der Waals surface area contributed by atoms with E-state index < -0.39 is 11.9 Å². The summed E-state index contributed by atoms with van der Waals surface area (Å²) < 4.78 is 9.99. The molecule has 0 radical (unpaired) electrons. The molecule has 148 valence electrons. The van der Waals surface area contributed by atoms with Gasteiger partial charge in [0, 0.05) is 11.6 Å². The van der Waals surface area contributed by atoms with Crippen molar-refractivity contribution in [1.29, 1.82) is 0 Å². The molecule has 6 nitrogen and oxygen atoms in total. The van der Waals surface area contributed by atoms with Gasteiger partial charge in [-0.05, 0) is 30.7 Å². The molecule has 8 heteroatoms. The highest BCUT2D eigenvalue weighted by Crippen LogP contribution is 2.38. The van der Waals surface area contributed by atoms with Crippen LogP contribution >= 0.6 is 23.2 Å². The summed E-state index contributed by atoms with van der Waals surface area (Å²) in [6.07, 6.45) is 2.95. The van der Waals surface area contributed by atoms with Crippen molar-refractivity contribution in [3.05, 3.63) is 75.3 Å². The summed E-state index contributed by atoms with van der Waals surface area (Å²) in [7, 11) is 1.20. The number of hydrogen-bond acceptors (Lipinski definition) is 5. The van der Waals surface area contributed by atoms with Gasteiger partial charge in [0.2, 0.25) is 5.88 Å². The van der Waals surface area contributed by atoms with Crippen LogP contribution in [0, 0.1) is 6.92 Å². The van der Waals surface area contributed by atoms with Gasteiger partial charge in [0.15, 0.2) is 5.56 Å². The lowest BCUT2D eigenvalue weighted by molar-refractivity contribution is -0.112. The number of aryl methyl sites for hydroxylation is 1. The minimum atomic E-state index is -0.755. The molecule has 0 saturated heterocycles. The lowest BCUT2D eigenvalue weighted by Crippen LogP contribution is -2.12. The summed E-state index contributed by atoms with van der Waals surface area (Å²) in [4.78, 5) is 24.6. The minimum absolute atomic E-state index is 0.0743. The predicted molar refractivity (Wildman–Crippen MR) is 112 cm³/mol. The molecular weight excluding hydrogens is 415 g/mol. The van der Waals surface area contributed by atoms with Gasteiger partial charge in [-0.3, -0.25) is 10.1 Å². The number of ether oxygens (including phenoxy) is 1. The van der Waals surface area contributed by atoms with Crippen molar-refractivity contribution in [2.45, 2.75) is 6.92 Å². The molecule has 0 aliphatic carbocycles. The maximum absolute atomic E-state index is 12.3. The van der Waals surface area contributed by atoms with Crippen molar-refractivity contribution in [1.82, 2.24) is 5.16 Å². The molecule has 3 aromatic rings. The van der Waals surface area contributed by atoms with Gasteiger partial charge in [0.05, 0.1) is 17.2 Å². The van der Waals surface area contributed by atoms with E-state index in [1.807, 2.05) is 31.2 Å². The van der Waals surface area contributed by atoms with Gasteiger partial charge in [0.25, 0.3) is 5.91 Å². The number of aromatic nitrogens is 1. The predicted octanol–water partition coefficient (Wildman–Crippen LogP) is 5.40. The van der Waals surface area contributed by atoms with E-state index in [0.29, 0.717) is 5.56 Å². The number of carbonyl (C=O) groups is 2. The molecule has 0 spiro atoms. The molecule has 0 aliphatic rings. The first-order valence-electron chi connectivity index (χ1n) is 8.48. The highest BCUT2D eigenvalue weighted by Gasteiger charge is 2.28. The number of benzene rings is 2. The number of anilines is 1. The van der Waals surface area contributed by atoms with E-state index in [0.717, 1.165) is 11.1 Å². The van der Waals surface area contributed by atoms with Gasteiger partial charge < -0.3 is 9.26 Å². The molecule has 1 N–H and O–H groups in total. The Morgan fingerprint density at radius 2 is 1.76 bits per heavy atom. The number of nitrogens with zero attached hydrogens (tertiary/aromatic N) is 1. The van der Waals surface area contributed by atoms with Crippen LogP contribution in [-0.4, -0.2) is 24.1 Å². The van der Waals surface area contributed by atoms with Crippen LogP contribution in [0.3, 0.4) is 0 Å².